The molecular formula is C26H27N9O. The molecule has 10 nitrogen and oxygen atoms in total. The molecule has 0 aliphatic heterocycles. The maximum absolute atomic E-state index is 12.8. The molecule has 0 saturated carbocycles. The van der Waals surface area contributed by atoms with E-state index in [1.54, 1.807) is 29.7 Å². The molecule has 0 spiro atoms. The highest BCUT2D eigenvalue weighted by Gasteiger charge is 2.19. The van der Waals surface area contributed by atoms with Gasteiger partial charge in [0, 0.05) is 44.0 Å². The maximum Gasteiger partial charge on any atom is 0.241 e. The van der Waals surface area contributed by atoms with Gasteiger partial charge >= 0.3 is 0 Å². The van der Waals surface area contributed by atoms with Crippen molar-refractivity contribution in [2.75, 3.05) is 25.5 Å². The minimum Gasteiger partial charge on any atom is -0.347 e. The highest BCUT2D eigenvalue weighted by molar-refractivity contribution is 5.81. The van der Waals surface area contributed by atoms with Gasteiger partial charge in [-0.25, -0.2) is 4.98 Å². The lowest BCUT2D eigenvalue weighted by molar-refractivity contribution is -0.127. The average molecular weight is 482 g/mol. The number of fused-ring (bicyclic) bond motifs is 1. The summed E-state index contributed by atoms with van der Waals surface area (Å²) < 4.78 is 1.79. The topological polar surface area (TPSA) is 108 Å². The van der Waals surface area contributed by atoms with Crippen LogP contribution in [0.5, 0.6) is 0 Å². The van der Waals surface area contributed by atoms with Crippen LogP contribution in [-0.4, -0.2) is 66.7 Å². The number of hydrogen-bond acceptors (Lipinski definition) is 7. The standard InChI is InChI=1S/C26H27N9O/c1-4-20-15-24(35-23(28-20)13-14-27-35)34(17-25(36)33(2)3)16-18-9-11-19(12-10-18)21-7-5-6-8-22(21)26-29-31-32-30-26/h5-15H,4,16-17H2,1-3H3,(H,29,30,31,32). The molecule has 0 aliphatic rings. The zero-order valence-corrected chi connectivity index (χ0v) is 20.5. The fourth-order valence-electron chi connectivity index (χ4n) is 4.09. The number of rotatable bonds is 8. The van der Waals surface area contributed by atoms with E-state index < -0.39 is 0 Å². The second kappa shape index (κ2) is 9.95. The summed E-state index contributed by atoms with van der Waals surface area (Å²) in [5, 5.41) is 18.9. The van der Waals surface area contributed by atoms with Crippen molar-refractivity contribution < 1.29 is 4.79 Å². The predicted molar refractivity (Wildman–Crippen MR) is 137 cm³/mol. The Hall–Kier alpha value is -4.60. The van der Waals surface area contributed by atoms with Crippen molar-refractivity contribution >= 4 is 17.4 Å². The number of benzene rings is 2. The number of nitrogens with zero attached hydrogens (tertiary/aromatic N) is 8. The molecule has 0 saturated heterocycles. The van der Waals surface area contributed by atoms with E-state index >= 15 is 0 Å². The maximum atomic E-state index is 12.8. The number of hydrogen-bond donors (Lipinski definition) is 1. The van der Waals surface area contributed by atoms with Crippen molar-refractivity contribution in [1.82, 2.24) is 40.1 Å². The van der Waals surface area contributed by atoms with Gasteiger partial charge in [0.2, 0.25) is 11.7 Å². The third-order valence-corrected chi connectivity index (χ3v) is 6.06. The van der Waals surface area contributed by atoms with Gasteiger partial charge in [0.05, 0.1) is 12.7 Å². The smallest absolute Gasteiger partial charge is 0.241 e. The van der Waals surface area contributed by atoms with Gasteiger partial charge in [-0.15, -0.1) is 10.2 Å². The molecular weight excluding hydrogens is 454 g/mol. The van der Waals surface area contributed by atoms with Crippen LogP contribution in [0, 0.1) is 0 Å². The van der Waals surface area contributed by atoms with Crippen molar-refractivity contribution in [3.63, 3.8) is 0 Å². The lowest BCUT2D eigenvalue weighted by Gasteiger charge is -2.26. The van der Waals surface area contributed by atoms with E-state index in [0.717, 1.165) is 45.8 Å². The molecule has 0 atom stereocenters. The van der Waals surface area contributed by atoms with Crippen LogP contribution in [0.15, 0.2) is 66.9 Å². The van der Waals surface area contributed by atoms with Gasteiger partial charge in [-0.05, 0) is 28.3 Å². The second-order valence-corrected chi connectivity index (χ2v) is 8.68. The molecule has 3 aromatic heterocycles. The van der Waals surface area contributed by atoms with Crippen LogP contribution in [0.1, 0.15) is 18.2 Å². The SMILES string of the molecule is CCc1cc(N(CC(=O)N(C)C)Cc2ccc(-c3ccccc3-c3nn[nH]n3)cc2)n2nccc2n1. The van der Waals surface area contributed by atoms with E-state index in [9.17, 15) is 4.79 Å². The van der Waals surface area contributed by atoms with E-state index in [1.807, 2.05) is 41.3 Å². The van der Waals surface area contributed by atoms with E-state index in [1.165, 1.54) is 0 Å². The molecule has 36 heavy (non-hydrogen) atoms. The molecule has 3 heterocycles. The van der Waals surface area contributed by atoms with Crippen molar-refractivity contribution in [3.05, 3.63) is 78.1 Å². The van der Waals surface area contributed by atoms with Crippen molar-refractivity contribution in [2.45, 2.75) is 19.9 Å². The van der Waals surface area contributed by atoms with Crippen molar-refractivity contribution in [1.29, 1.82) is 0 Å². The van der Waals surface area contributed by atoms with Crippen molar-refractivity contribution in [2.24, 2.45) is 0 Å². The molecule has 0 radical (unpaired) electrons. The Kier molecular flexibility index (Phi) is 6.40. The lowest BCUT2D eigenvalue weighted by atomic mass is 9.98. The molecule has 0 bridgehead atoms. The summed E-state index contributed by atoms with van der Waals surface area (Å²) in [4.78, 5) is 21.1. The zero-order chi connectivity index (χ0) is 25.1. The first-order valence-corrected chi connectivity index (χ1v) is 11.7. The van der Waals surface area contributed by atoms with Crippen LogP contribution < -0.4 is 4.90 Å². The van der Waals surface area contributed by atoms with Gasteiger partial charge in [0.15, 0.2) is 5.65 Å². The molecule has 1 amide bonds. The second-order valence-electron chi connectivity index (χ2n) is 8.68. The third-order valence-electron chi connectivity index (χ3n) is 6.06. The van der Waals surface area contributed by atoms with Crippen LogP contribution in [0.3, 0.4) is 0 Å². The predicted octanol–water partition coefficient (Wildman–Crippen LogP) is 3.23. The number of amides is 1. The number of aryl methyl sites for hydroxylation is 1. The van der Waals surface area contributed by atoms with Crippen LogP contribution >= 0.6 is 0 Å². The molecule has 5 rings (SSSR count). The lowest BCUT2D eigenvalue weighted by Crippen LogP contribution is -2.37. The number of tetrazole rings is 1. The number of aromatic amines is 1. The molecule has 1 N–H and O–H groups in total. The fraction of sp³-hybridized carbons (Fsp3) is 0.231. The van der Waals surface area contributed by atoms with Crippen LogP contribution in [0.4, 0.5) is 5.82 Å². The van der Waals surface area contributed by atoms with E-state index in [2.05, 4.69) is 61.9 Å². The number of nitrogens with one attached hydrogen (secondary N) is 1. The van der Waals surface area contributed by atoms with Crippen LogP contribution in [-0.2, 0) is 17.8 Å². The number of likely N-dealkylation sites (N-methyl/N-ethyl adjacent to an activating group) is 1. The van der Waals surface area contributed by atoms with Crippen LogP contribution in [0.2, 0.25) is 0 Å². The molecule has 10 heteroatoms. The highest BCUT2D eigenvalue weighted by atomic mass is 16.2. The average Bonchev–Trinajstić information content (AvgIpc) is 3.60. The molecule has 0 unspecified atom stereocenters. The summed E-state index contributed by atoms with van der Waals surface area (Å²) in [7, 11) is 3.54. The molecule has 0 fully saturated rings. The normalized spacial score (nSPS) is 11.1. The summed E-state index contributed by atoms with van der Waals surface area (Å²) in [6.45, 7) is 2.82. The van der Waals surface area contributed by atoms with Gasteiger partial charge in [-0.3, -0.25) is 4.79 Å². The number of anilines is 1. The van der Waals surface area contributed by atoms with E-state index in [-0.39, 0.29) is 12.5 Å². The van der Waals surface area contributed by atoms with Crippen molar-refractivity contribution in [3.8, 4) is 22.5 Å². The Balaban J connectivity index is 1.48. The highest BCUT2D eigenvalue weighted by Crippen LogP contribution is 2.30. The first-order valence-electron chi connectivity index (χ1n) is 11.7. The Morgan fingerprint density at radius 3 is 2.50 bits per heavy atom. The first-order chi connectivity index (χ1) is 17.5. The molecule has 2 aromatic carbocycles. The summed E-state index contributed by atoms with van der Waals surface area (Å²) in [6, 6.07) is 20.2. The minimum atomic E-state index is 0.0100. The monoisotopic (exact) mass is 481 g/mol. The van der Waals surface area contributed by atoms with Gasteiger partial charge in [0.25, 0.3) is 0 Å². The number of aromatic nitrogens is 7. The summed E-state index contributed by atoms with van der Waals surface area (Å²) in [5.74, 6) is 1.40. The number of H-pyrrole nitrogens is 1. The van der Waals surface area contributed by atoms with Gasteiger partial charge in [-0.1, -0.05) is 55.5 Å². The van der Waals surface area contributed by atoms with Gasteiger partial charge in [0.1, 0.15) is 5.82 Å². The largest absolute Gasteiger partial charge is 0.347 e. The Bertz CT molecular complexity index is 1470. The van der Waals surface area contributed by atoms with E-state index in [0.29, 0.717) is 12.4 Å². The molecule has 0 aliphatic carbocycles. The third kappa shape index (κ3) is 4.65. The molecule has 5 aromatic rings. The fourth-order valence-corrected chi connectivity index (χ4v) is 4.09. The summed E-state index contributed by atoms with van der Waals surface area (Å²) >= 11 is 0. The Labute approximate surface area is 208 Å². The summed E-state index contributed by atoms with van der Waals surface area (Å²) in [6.07, 6.45) is 2.52. The first kappa shape index (κ1) is 23.2. The summed E-state index contributed by atoms with van der Waals surface area (Å²) in [5.41, 5.74) is 5.75. The van der Waals surface area contributed by atoms with Gasteiger partial charge in [-0.2, -0.15) is 14.8 Å². The molecule has 182 valence electrons. The quantitative estimate of drug-likeness (QED) is 0.362. The Morgan fingerprint density at radius 2 is 1.81 bits per heavy atom. The van der Waals surface area contributed by atoms with E-state index in [4.69, 9.17) is 0 Å². The number of carbonyl (C=O) groups is 1. The van der Waals surface area contributed by atoms with Gasteiger partial charge < -0.3 is 9.80 Å². The minimum absolute atomic E-state index is 0.0100. The number of carbonyl (C=O) groups excluding carboxylic acids is 1. The zero-order valence-electron chi connectivity index (χ0n) is 20.5. The van der Waals surface area contributed by atoms with Crippen LogP contribution in [0.25, 0.3) is 28.2 Å². The Morgan fingerprint density at radius 1 is 1.03 bits per heavy atom.